The van der Waals surface area contributed by atoms with Gasteiger partial charge in [0.1, 0.15) is 11.6 Å². The minimum atomic E-state index is -0.271. The Labute approximate surface area is 140 Å². The van der Waals surface area contributed by atoms with E-state index in [0.29, 0.717) is 18.8 Å². The normalized spacial score (nSPS) is 15.3. The van der Waals surface area contributed by atoms with Gasteiger partial charge >= 0.3 is 0 Å². The summed E-state index contributed by atoms with van der Waals surface area (Å²) in [5.74, 6) is 5.95. The minimum absolute atomic E-state index is 0.00943. The molecule has 0 aliphatic carbocycles. The SMILES string of the molecule is CC(=O)N1CC(C)(C)c2nc(NN)c(Cc3ccc(F)cc3)cc21. The van der Waals surface area contributed by atoms with Crippen LogP contribution in [0.1, 0.15) is 37.6 Å². The van der Waals surface area contributed by atoms with Gasteiger partial charge in [0.25, 0.3) is 0 Å². The van der Waals surface area contributed by atoms with Gasteiger partial charge in [0.2, 0.25) is 5.91 Å². The molecule has 5 nitrogen and oxygen atoms in total. The number of pyridine rings is 1. The number of hydrazine groups is 1. The van der Waals surface area contributed by atoms with Crippen molar-refractivity contribution < 1.29 is 9.18 Å². The van der Waals surface area contributed by atoms with Crippen molar-refractivity contribution in [2.24, 2.45) is 5.84 Å². The largest absolute Gasteiger partial charge is 0.310 e. The van der Waals surface area contributed by atoms with Crippen LogP contribution in [0.4, 0.5) is 15.9 Å². The number of fused-ring (bicyclic) bond motifs is 1. The van der Waals surface area contributed by atoms with E-state index >= 15 is 0 Å². The smallest absolute Gasteiger partial charge is 0.223 e. The highest BCUT2D eigenvalue weighted by atomic mass is 19.1. The first kappa shape index (κ1) is 16.4. The van der Waals surface area contributed by atoms with Crippen LogP contribution in [-0.2, 0) is 16.6 Å². The van der Waals surface area contributed by atoms with E-state index in [2.05, 4.69) is 24.3 Å². The number of nitrogens with zero attached hydrogens (tertiary/aromatic N) is 2. The average molecular weight is 328 g/mol. The maximum atomic E-state index is 13.1. The van der Waals surface area contributed by atoms with Gasteiger partial charge in [-0.05, 0) is 23.8 Å². The van der Waals surface area contributed by atoms with E-state index in [4.69, 9.17) is 5.84 Å². The molecule has 0 bridgehead atoms. The first-order valence-corrected chi connectivity index (χ1v) is 7.85. The second kappa shape index (κ2) is 5.87. The molecule has 1 aliphatic heterocycles. The third-order valence-corrected chi connectivity index (χ3v) is 4.39. The summed E-state index contributed by atoms with van der Waals surface area (Å²) in [6.45, 7) is 6.26. The summed E-state index contributed by atoms with van der Waals surface area (Å²) in [4.78, 5) is 18.4. The third kappa shape index (κ3) is 2.85. The first-order valence-electron chi connectivity index (χ1n) is 7.85. The number of nitrogens with two attached hydrogens (primary N) is 1. The maximum Gasteiger partial charge on any atom is 0.223 e. The predicted molar refractivity (Wildman–Crippen MR) is 92.3 cm³/mol. The van der Waals surface area contributed by atoms with E-state index in [9.17, 15) is 9.18 Å². The standard InChI is InChI=1S/C18H21FN4O/c1-11(24)23-10-18(2,3)16-15(23)9-13(17(21-16)22-20)8-12-4-6-14(19)7-5-12/h4-7,9H,8,10,20H2,1-3H3,(H,21,22). The first-order chi connectivity index (χ1) is 11.3. The molecule has 126 valence electrons. The number of benzene rings is 1. The van der Waals surface area contributed by atoms with Crippen LogP contribution >= 0.6 is 0 Å². The highest BCUT2D eigenvalue weighted by Gasteiger charge is 2.39. The predicted octanol–water partition coefficient (Wildman–Crippen LogP) is 2.74. The van der Waals surface area contributed by atoms with Gasteiger partial charge < -0.3 is 10.3 Å². The molecule has 3 rings (SSSR count). The van der Waals surface area contributed by atoms with Crippen molar-refractivity contribution in [1.29, 1.82) is 0 Å². The van der Waals surface area contributed by atoms with Crippen LogP contribution in [0.25, 0.3) is 0 Å². The highest BCUT2D eigenvalue weighted by molar-refractivity contribution is 5.94. The van der Waals surface area contributed by atoms with Crippen molar-refractivity contribution in [1.82, 2.24) is 4.98 Å². The summed E-state index contributed by atoms with van der Waals surface area (Å²) in [5.41, 5.74) is 5.91. The van der Waals surface area contributed by atoms with Crippen LogP contribution in [0.2, 0.25) is 0 Å². The Bertz CT molecular complexity index is 786. The molecule has 0 spiro atoms. The fraction of sp³-hybridized carbons (Fsp3) is 0.333. The molecule has 0 unspecified atom stereocenters. The number of aromatic nitrogens is 1. The molecule has 0 saturated heterocycles. The Morgan fingerprint density at radius 2 is 2.04 bits per heavy atom. The number of hydrogen-bond acceptors (Lipinski definition) is 4. The number of hydrogen-bond donors (Lipinski definition) is 2. The Kier molecular flexibility index (Phi) is 4.01. The van der Waals surface area contributed by atoms with Crippen LogP contribution in [0.5, 0.6) is 0 Å². The monoisotopic (exact) mass is 328 g/mol. The van der Waals surface area contributed by atoms with Crippen LogP contribution in [0.3, 0.4) is 0 Å². The number of amides is 1. The molecular weight excluding hydrogens is 307 g/mol. The minimum Gasteiger partial charge on any atom is -0.310 e. The topological polar surface area (TPSA) is 71.2 Å². The van der Waals surface area contributed by atoms with Gasteiger partial charge in [-0.15, -0.1) is 0 Å². The van der Waals surface area contributed by atoms with Crippen molar-refractivity contribution in [3.63, 3.8) is 0 Å². The molecule has 0 atom stereocenters. The number of nitrogen functional groups attached to an aromatic ring is 1. The lowest BCUT2D eigenvalue weighted by molar-refractivity contribution is -0.116. The molecule has 0 fully saturated rings. The molecule has 1 amide bonds. The zero-order valence-electron chi connectivity index (χ0n) is 14.1. The molecule has 1 aliphatic rings. The van der Waals surface area contributed by atoms with E-state index in [1.54, 1.807) is 24.0 Å². The summed E-state index contributed by atoms with van der Waals surface area (Å²) >= 11 is 0. The number of halogens is 1. The van der Waals surface area contributed by atoms with Gasteiger partial charge in [0, 0.05) is 30.9 Å². The molecule has 0 saturated carbocycles. The molecule has 1 aromatic carbocycles. The number of anilines is 2. The number of rotatable bonds is 3. The lowest BCUT2D eigenvalue weighted by atomic mass is 9.90. The fourth-order valence-electron chi connectivity index (χ4n) is 3.16. The zero-order valence-corrected chi connectivity index (χ0v) is 14.1. The third-order valence-electron chi connectivity index (χ3n) is 4.39. The molecule has 24 heavy (non-hydrogen) atoms. The van der Waals surface area contributed by atoms with Crippen LogP contribution in [-0.4, -0.2) is 17.4 Å². The Balaban J connectivity index is 2.06. The maximum absolute atomic E-state index is 13.1. The molecule has 2 heterocycles. The molecule has 3 N–H and O–H groups in total. The molecule has 0 radical (unpaired) electrons. The van der Waals surface area contributed by atoms with Gasteiger partial charge in [-0.2, -0.15) is 0 Å². The quantitative estimate of drug-likeness (QED) is 0.671. The van der Waals surface area contributed by atoms with E-state index < -0.39 is 0 Å². The van der Waals surface area contributed by atoms with E-state index in [-0.39, 0.29) is 17.1 Å². The van der Waals surface area contributed by atoms with Gasteiger partial charge in [-0.3, -0.25) is 4.79 Å². The second-order valence-corrected chi connectivity index (χ2v) is 6.80. The zero-order chi connectivity index (χ0) is 17.5. The lowest BCUT2D eigenvalue weighted by Gasteiger charge is -2.18. The summed E-state index contributed by atoms with van der Waals surface area (Å²) in [6.07, 6.45) is 0.548. The fourth-order valence-corrected chi connectivity index (χ4v) is 3.16. The second-order valence-electron chi connectivity index (χ2n) is 6.80. The molecular formula is C18H21FN4O. The highest BCUT2D eigenvalue weighted by Crippen LogP contribution is 2.41. The van der Waals surface area contributed by atoms with Crippen molar-refractivity contribution in [2.45, 2.75) is 32.6 Å². The van der Waals surface area contributed by atoms with E-state index in [1.807, 2.05) is 6.07 Å². The lowest BCUT2D eigenvalue weighted by Crippen LogP contribution is -2.32. The average Bonchev–Trinajstić information content (AvgIpc) is 2.80. The van der Waals surface area contributed by atoms with Gasteiger partial charge in [0.15, 0.2) is 0 Å². The summed E-state index contributed by atoms with van der Waals surface area (Å²) in [7, 11) is 0. The van der Waals surface area contributed by atoms with Crippen LogP contribution in [0.15, 0.2) is 30.3 Å². The summed E-state index contributed by atoms with van der Waals surface area (Å²) in [6, 6.07) is 8.27. The van der Waals surface area contributed by atoms with Crippen molar-refractivity contribution >= 4 is 17.4 Å². The van der Waals surface area contributed by atoms with Crippen LogP contribution in [0, 0.1) is 5.82 Å². The van der Waals surface area contributed by atoms with Gasteiger partial charge in [-0.1, -0.05) is 26.0 Å². The number of carbonyl (C=O) groups excluding carboxylic acids is 1. The van der Waals surface area contributed by atoms with Crippen molar-refractivity contribution in [3.8, 4) is 0 Å². The Morgan fingerprint density at radius 1 is 1.38 bits per heavy atom. The summed E-state index contributed by atoms with van der Waals surface area (Å²) < 4.78 is 13.1. The van der Waals surface area contributed by atoms with Crippen molar-refractivity contribution in [2.75, 3.05) is 16.9 Å². The molecule has 1 aromatic heterocycles. The van der Waals surface area contributed by atoms with Crippen molar-refractivity contribution in [3.05, 3.63) is 53.0 Å². The summed E-state index contributed by atoms with van der Waals surface area (Å²) in [5, 5.41) is 0. The Morgan fingerprint density at radius 3 is 2.62 bits per heavy atom. The molecule has 2 aromatic rings. The Hall–Kier alpha value is -2.47. The van der Waals surface area contributed by atoms with E-state index in [0.717, 1.165) is 22.5 Å². The van der Waals surface area contributed by atoms with Crippen LogP contribution < -0.4 is 16.2 Å². The van der Waals surface area contributed by atoms with Gasteiger partial charge in [-0.25, -0.2) is 15.2 Å². The number of nitrogens with one attached hydrogen (secondary N) is 1. The van der Waals surface area contributed by atoms with E-state index in [1.165, 1.54) is 12.1 Å². The number of carbonyl (C=O) groups is 1. The molecule has 6 heteroatoms. The van der Waals surface area contributed by atoms with Gasteiger partial charge in [0.05, 0.1) is 11.4 Å².